The molecule has 0 aliphatic carbocycles. The van der Waals surface area contributed by atoms with Gasteiger partial charge in [0.25, 0.3) is 0 Å². The molecule has 3 N–H and O–H groups in total. The highest BCUT2D eigenvalue weighted by Crippen LogP contribution is 2.32. The Bertz CT molecular complexity index is 1400. The van der Waals surface area contributed by atoms with Gasteiger partial charge in [-0.3, -0.25) is 19.8 Å². The molecular weight excluding hydrogens is 497 g/mol. The number of hydrogen-bond acceptors (Lipinski definition) is 7. The molecule has 0 bridgehead atoms. The van der Waals surface area contributed by atoms with Crippen molar-refractivity contribution in [1.82, 2.24) is 15.6 Å². The summed E-state index contributed by atoms with van der Waals surface area (Å²) in [6, 6.07) is 14.3. The molecule has 11 heteroatoms. The first-order valence-corrected chi connectivity index (χ1v) is 12.2. The molecule has 0 atom stereocenters. The number of nitrogens with zero attached hydrogens (tertiary/aromatic N) is 3. The number of amidine groups is 2. The number of anilines is 1. The number of benzene rings is 2. The summed E-state index contributed by atoms with van der Waals surface area (Å²) in [5.41, 5.74) is 1.06. The molecule has 5 rings (SSSR count). The predicted molar refractivity (Wildman–Crippen MR) is 138 cm³/mol. The van der Waals surface area contributed by atoms with E-state index in [0.29, 0.717) is 49.1 Å². The van der Waals surface area contributed by atoms with Gasteiger partial charge in [0.2, 0.25) is 5.91 Å². The van der Waals surface area contributed by atoms with Crippen molar-refractivity contribution in [3.63, 3.8) is 0 Å². The van der Waals surface area contributed by atoms with E-state index in [1.165, 1.54) is 6.07 Å². The van der Waals surface area contributed by atoms with E-state index in [0.717, 1.165) is 30.1 Å². The number of carbonyl (C=O) groups is 1. The summed E-state index contributed by atoms with van der Waals surface area (Å²) in [7, 11) is 0. The molecule has 0 spiro atoms. The number of aromatic nitrogens is 1. The Morgan fingerprint density at radius 3 is 2.45 bits per heavy atom. The normalized spacial score (nSPS) is 14.8. The third-order valence-corrected chi connectivity index (χ3v) is 5.91. The summed E-state index contributed by atoms with van der Waals surface area (Å²) >= 11 is 0. The van der Waals surface area contributed by atoms with Gasteiger partial charge in [0, 0.05) is 43.0 Å². The van der Waals surface area contributed by atoms with Crippen LogP contribution >= 0.6 is 0 Å². The SMILES string of the molecule is O=C(CCc1cccc(Oc2ccnc(C3=NCCN3)c2)c1)Nc1cc(C2=NCCN2)cc(C(F)(F)F)c1. The van der Waals surface area contributed by atoms with Gasteiger partial charge in [0.15, 0.2) is 0 Å². The zero-order valence-electron chi connectivity index (χ0n) is 20.3. The van der Waals surface area contributed by atoms with Crippen LogP contribution in [0.5, 0.6) is 11.5 Å². The minimum Gasteiger partial charge on any atom is -0.457 e. The smallest absolute Gasteiger partial charge is 0.416 e. The maximum atomic E-state index is 13.4. The van der Waals surface area contributed by atoms with Crippen molar-refractivity contribution >= 4 is 23.3 Å². The standard InChI is InChI=1S/C27H25F3N6O2/c28-27(29,30)19-13-18(25-32-8-9-33-25)14-20(15-19)36-24(37)5-4-17-2-1-3-21(12-17)38-22-6-7-31-23(16-22)26-34-10-11-35-26/h1-3,6-7,12-16H,4-5,8-11H2,(H,32,33)(H,34,35)(H,36,37). The van der Waals surface area contributed by atoms with E-state index in [4.69, 9.17) is 4.74 Å². The second-order valence-electron chi connectivity index (χ2n) is 8.79. The van der Waals surface area contributed by atoms with E-state index in [1.807, 2.05) is 18.2 Å². The van der Waals surface area contributed by atoms with Crippen LogP contribution < -0.4 is 20.7 Å². The average molecular weight is 523 g/mol. The minimum atomic E-state index is -4.55. The topological polar surface area (TPSA) is 100 Å². The molecule has 3 aromatic rings. The summed E-state index contributed by atoms with van der Waals surface area (Å²) in [5, 5.41) is 8.74. The molecule has 196 valence electrons. The van der Waals surface area contributed by atoms with Crippen molar-refractivity contribution in [2.45, 2.75) is 19.0 Å². The fraction of sp³-hybridized carbons (Fsp3) is 0.259. The molecule has 2 aliphatic heterocycles. The van der Waals surface area contributed by atoms with E-state index < -0.39 is 17.6 Å². The maximum absolute atomic E-state index is 13.4. The van der Waals surface area contributed by atoms with Crippen LogP contribution in [0.15, 0.2) is 70.8 Å². The summed E-state index contributed by atoms with van der Waals surface area (Å²) in [4.78, 5) is 25.5. The number of hydrogen-bond donors (Lipinski definition) is 3. The summed E-state index contributed by atoms with van der Waals surface area (Å²) in [6.07, 6.45) is -2.44. The Balaban J connectivity index is 1.22. The van der Waals surface area contributed by atoms with Gasteiger partial charge in [0.1, 0.15) is 28.9 Å². The van der Waals surface area contributed by atoms with Crippen LogP contribution in [-0.4, -0.2) is 48.7 Å². The molecular formula is C27H25F3N6O2. The lowest BCUT2D eigenvalue weighted by molar-refractivity contribution is -0.137. The minimum absolute atomic E-state index is 0.0724. The average Bonchev–Trinajstić information content (AvgIpc) is 3.62. The van der Waals surface area contributed by atoms with Crippen LogP contribution in [0.2, 0.25) is 0 Å². The number of ether oxygens (including phenoxy) is 1. The van der Waals surface area contributed by atoms with Crippen molar-refractivity contribution in [3.8, 4) is 11.5 Å². The lowest BCUT2D eigenvalue weighted by Gasteiger charge is -2.14. The number of rotatable bonds is 8. The third-order valence-electron chi connectivity index (χ3n) is 5.91. The van der Waals surface area contributed by atoms with Gasteiger partial charge in [-0.15, -0.1) is 0 Å². The van der Waals surface area contributed by atoms with E-state index in [2.05, 4.69) is 30.9 Å². The number of amides is 1. The van der Waals surface area contributed by atoms with Gasteiger partial charge in [-0.1, -0.05) is 12.1 Å². The molecule has 2 aromatic carbocycles. The first-order valence-electron chi connectivity index (χ1n) is 12.2. The largest absolute Gasteiger partial charge is 0.457 e. The summed E-state index contributed by atoms with van der Waals surface area (Å²) < 4.78 is 46.3. The molecule has 2 aliphatic rings. The van der Waals surface area contributed by atoms with E-state index in [1.54, 1.807) is 24.4 Å². The number of nitrogens with one attached hydrogen (secondary N) is 3. The zero-order valence-corrected chi connectivity index (χ0v) is 20.3. The zero-order chi connectivity index (χ0) is 26.5. The van der Waals surface area contributed by atoms with Crippen molar-refractivity contribution in [2.75, 3.05) is 31.5 Å². The van der Waals surface area contributed by atoms with Crippen LogP contribution in [0.4, 0.5) is 18.9 Å². The first-order chi connectivity index (χ1) is 18.3. The second-order valence-corrected chi connectivity index (χ2v) is 8.79. The van der Waals surface area contributed by atoms with Crippen LogP contribution in [0.3, 0.4) is 0 Å². The summed E-state index contributed by atoms with van der Waals surface area (Å²) in [6.45, 7) is 2.54. The van der Waals surface area contributed by atoms with E-state index in [9.17, 15) is 18.0 Å². The van der Waals surface area contributed by atoms with Gasteiger partial charge < -0.3 is 20.7 Å². The lowest BCUT2D eigenvalue weighted by Crippen LogP contribution is -2.21. The van der Waals surface area contributed by atoms with Crippen LogP contribution in [-0.2, 0) is 17.4 Å². The van der Waals surface area contributed by atoms with Crippen LogP contribution in [0, 0.1) is 0 Å². The van der Waals surface area contributed by atoms with Crippen LogP contribution in [0.25, 0.3) is 0 Å². The van der Waals surface area contributed by atoms with Crippen molar-refractivity contribution < 1.29 is 22.7 Å². The Hall–Kier alpha value is -4.41. The van der Waals surface area contributed by atoms with Crippen molar-refractivity contribution in [2.24, 2.45) is 9.98 Å². The number of halogens is 3. The third kappa shape index (κ3) is 6.28. The second kappa shape index (κ2) is 10.9. The van der Waals surface area contributed by atoms with Gasteiger partial charge >= 0.3 is 6.18 Å². The number of carbonyl (C=O) groups excluding carboxylic acids is 1. The predicted octanol–water partition coefficient (Wildman–Crippen LogP) is 4.16. The quantitative estimate of drug-likeness (QED) is 0.413. The Morgan fingerprint density at radius 2 is 1.71 bits per heavy atom. The van der Waals surface area contributed by atoms with Crippen molar-refractivity contribution in [3.05, 3.63) is 83.2 Å². The molecule has 3 heterocycles. The van der Waals surface area contributed by atoms with E-state index in [-0.39, 0.29) is 17.7 Å². The molecule has 0 saturated heterocycles. The lowest BCUT2D eigenvalue weighted by atomic mass is 10.1. The molecule has 0 radical (unpaired) electrons. The molecule has 8 nitrogen and oxygen atoms in total. The highest BCUT2D eigenvalue weighted by molar-refractivity contribution is 6.01. The van der Waals surface area contributed by atoms with Gasteiger partial charge in [-0.2, -0.15) is 13.2 Å². The molecule has 0 saturated carbocycles. The highest BCUT2D eigenvalue weighted by atomic mass is 19.4. The number of pyridine rings is 1. The van der Waals surface area contributed by atoms with Gasteiger partial charge in [-0.25, -0.2) is 0 Å². The molecule has 0 fully saturated rings. The number of alkyl halides is 3. The Labute approximate surface area is 217 Å². The monoisotopic (exact) mass is 522 g/mol. The van der Waals surface area contributed by atoms with Crippen LogP contribution in [0.1, 0.15) is 28.8 Å². The first kappa shape index (κ1) is 25.2. The highest BCUT2D eigenvalue weighted by Gasteiger charge is 2.32. The number of aliphatic imine (C=N–C) groups is 2. The maximum Gasteiger partial charge on any atom is 0.416 e. The molecule has 1 aromatic heterocycles. The van der Waals surface area contributed by atoms with E-state index >= 15 is 0 Å². The fourth-order valence-electron chi connectivity index (χ4n) is 4.15. The molecule has 0 unspecified atom stereocenters. The molecule has 38 heavy (non-hydrogen) atoms. The van der Waals surface area contributed by atoms with Gasteiger partial charge in [0.05, 0.1) is 18.7 Å². The Kier molecular flexibility index (Phi) is 7.25. The van der Waals surface area contributed by atoms with Gasteiger partial charge in [-0.05, 0) is 48.4 Å². The molecule has 1 amide bonds. The fourth-order valence-corrected chi connectivity index (χ4v) is 4.15. The number of aryl methyl sites for hydroxylation is 1. The summed E-state index contributed by atoms with van der Waals surface area (Å²) in [5.74, 6) is 1.91. The Morgan fingerprint density at radius 1 is 0.947 bits per heavy atom. The van der Waals surface area contributed by atoms with Crippen molar-refractivity contribution in [1.29, 1.82) is 0 Å².